The van der Waals surface area contributed by atoms with E-state index in [1.165, 1.54) is 30.3 Å². The van der Waals surface area contributed by atoms with Gasteiger partial charge >= 0.3 is 0 Å². The van der Waals surface area contributed by atoms with Gasteiger partial charge in [0.1, 0.15) is 17.4 Å². The molecule has 39 heavy (non-hydrogen) atoms. The first-order valence-corrected chi connectivity index (χ1v) is 13.5. The van der Waals surface area contributed by atoms with E-state index in [4.69, 9.17) is 20.1 Å². The number of carbonyl (C=O) groups is 1. The summed E-state index contributed by atoms with van der Waals surface area (Å²) >= 11 is 0. The van der Waals surface area contributed by atoms with Gasteiger partial charge < -0.3 is 15.4 Å². The van der Waals surface area contributed by atoms with Gasteiger partial charge in [-0.3, -0.25) is 9.78 Å². The van der Waals surface area contributed by atoms with Gasteiger partial charge in [-0.15, -0.1) is 0 Å². The molecule has 1 aliphatic heterocycles. The highest BCUT2D eigenvalue weighted by molar-refractivity contribution is 7.90. The molecule has 0 unspecified atom stereocenters. The van der Waals surface area contributed by atoms with Gasteiger partial charge in [0.2, 0.25) is 0 Å². The number of nitrogen functional groups attached to an aromatic ring is 1. The number of hydrogen-bond donors (Lipinski definition) is 2. The highest BCUT2D eigenvalue weighted by Gasteiger charge is 2.38. The van der Waals surface area contributed by atoms with E-state index in [2.05, 4.69) is 9.97 Å². The minimum Gasteiger partial charge on any atom is -0.493 e. The Kier molecular flexibility index (Phi) is 5.60. The fourth-order valence-corrected chi connectivity index (χ4v) is 5.71. The van der Waals surface area contributed by atoms with Crippen LogP contribution in [0, 0.1) is 17.6 Å². The van der Waals surface area contributed by atoms with Gasteiger partial charge in [0, 0.05) is 39.5 Å². The zero-order valence-electron chi connectivity index (χ0n) is 28.7. The number of ether oxygens (including phenoxy) is 1. The molecule has 208 valence electrons. The third-order valence-corrected chi connectivity index (χ3v) is 7.52. The van der Waals surface area contributed by atoms with Gasteiger partial charge in [0.05, 0.1) is 23.6 Å². The number of benzene rings is 1. The molecule has 1 fully saturated rings. The van der Waals surface area contributed by atoms with E-state index in [0.717, 1.165) is 24.8 Å². The average molecular weight is 563 g/mol. The third kappa shape index (κ3) is 6.47. The van der Waals surface area contributed by atoms with E-state index in [1.54, 1.807) is 0 Å². The largest absolute Gasteiger partial charge is 0.493 e. The highest BCUT2D eigenvalue weighted by atomic mass is 32.2. The maximum absolute atomic E-state index is 14.8. The van der Waals surface area contributed by atoms with Crippen molar-refractivity contribution in [3.63, 3.8) is 0 Å². The molecule has 3 heterocycles. The van der Waals surface area contributed by atoms with Gasteiger partial charge in [-0.25, -0.2) is 14.1 Å². The van der Waals surface area contributed by atoms with E-state index >= 15 is 0 Å². The van der Waals surface area contributed by atoms with Crippen molar-refractivity contribution in [1.29, 1.82) is 0 Å². The molecule has 3 aromatic rings. The molecule has 1 aliphatic rings. The molecule has 0 radical (unpaired) electrons. The zero-order chi connectivity index (χ0) is 34.5. The Morgan fingerprint density at radius 1 is 1.33 bits per heavy atom. The van der Waals surface area contributed by atoms with Crippen molar-refractivity contribution >= 4 is 27.4 Å². The maximum Gasteiger partial charge on any atom is 0.281 e. The summed E-state index contributed by atoms with van der Waals surface area (Å²) in [4.78, 5) is 23.5. The SMILES string of the molecule is [2H]C([2H])([2H])C([2H])(COc1cc(F)cc(-c2cc(N3C[C@@H](C)CC3(C)C)c(C(=O)NS(=O)(=O)c3cccc(N)n3)cn2)c1)C([2H])([2H])[2H]. The van der Waals surface area contributed by atoms with Crippen LogP contribution in [0.25, 0.3) is 11.3 Å². The Hall–Kier alpha value is -3.73. The third-order valence-electron chi connectivity index (χ3n) is 6.29. The molecule has 0 bridgehead atoms. The number of halogens is 1. The summed E-state index contributed by atoms with van der Waals surface area (Å²) in [5.41, 5.74) is 5.65. The van der Waals surface area contributed by atoms with Crippen LogP contribution in [-0.2, 0) is 10.0 Å². The topological polar surface area (TPSA) is 128 Å². The lowest BCUT2D eigenvalue weighted by molar-refractivity contribution is 0.0981. The second-order valence-corrected chi connectivity index (χ2v) is 11.7. The van der Waals surface area contributed by atoms with Crippen molar-refractivity contribution in [1.82, 2.24) is 14.7 Å². The molecule has 3 N–H and O–H groups in total. The van der Waals surface area contributed by atoms with Gasteiger partial charge in [0.15, 0.2) is 5.03 Å². The lowest BCUT2D eigenvalue weighted by Gasteiger charge is -2.35. The molecule has 11 heteroatoms. The molecule has 1 atom stereocenters. The quantitative estimate of drug-likeness (QED) is 0.406. The number of anilines is 2. The molecular weight excluding hydrogens is 521 g/mol. The minimum atomic E-state index is -4.42. The van der Waals surface area contributed by atoms with Crippen LogP contribution in [0.4, 0.5) is 15.9 Å². The molecule has 2 aromatic heterocycles. The van der Waals surface area contributed by atoms with Crippen molar-refractivity contribution in [2.45, 2.75) is 51.5 Å². The van der Waals surface area contributed by atoms with Gasteiger partial charge in [-0.2, -0.15) is 8.42 Å². The van der Waals surface area contributed by atoms with Crippen LogP contribution in [0.15, 0.2) is 53.7 Å². The molecule has 1 amide bonds. The zero-order valence-corrected chi connectivity index (χ0v) is 22.5. The van der Waals surface area contributed by atoms with Crippen LogP contribution in [0.1, 0.15) is 60.8 Å². The average Bonchev–Trinajstić information content (AvgIpc) is 3.20. The lowest BCUT2D eigenvalue weighted by atomic mass is 9.97. The normalized spacial score (nSPS) is 20.5. The van der Waals surface area contributed by atoms with Crippen molar-refractivity contribution in [2.24, 2.45) is 11.8 Å². The number of pyridine rings is 2. The summed E-state index contributed by atoms with van der Waals surface area (Å²) in [6.45, 7) is -1.11. The smallest absolute Gasteiger partial charge is 0.281 e. The number of rotatable bonds is 8. The summed E-state index contributed by atoms with van der Waals surface area (Å²) in [5.74, 6) is -4.91. The van der Waals surface area contributed by atoms with Gasteiger partial charge in [-0.1, -0.05) is 26.7 Å². The predicted molar refractivity (Wildman–Crippen MR) is 148 cm³/mol. The Labute approximate surface area is 238 Å². The van der Waals surface area contributed by atoms with E-state index in [1.807, 2.05) is 30.4 Å². The summed E-state index contributed by atoms with van der Waals surface area (Å²) in [6.07, 6.45) is 1.90. The number of sulfonamides is 1. The second-order valence-electron chi connectivity index (χ2n) is 10.1. The van der Waals surface area contributed by atoms with Gasteiger partial charge in [-0.05, 0) is 62.4 Å². The molecular formula is C28H34FN5O4S. The number of nitrogens with one attached hydrogen (secondary N) is 1. The number of nitrogens with zero attached hydrogens (tertiary/aromatic N) is 3. The molecule has 1 saturated heterocycles. The monoisotopic (exact) mass is 562 g/mol. The van der Waals surface area contributed by atoms with E-state index in [0.29, 0.717) is 12.2 Å². The minimum absolute atomic E-state index is 0.0569. The molecule has 1 aromatic carbocycles. The van der Waals surface area contributed by atoms with Crippen LogP contribution in [0.3, 0.4) is 0 Å². The summed E-state index contributed by atoms with van der Waals surface area (Å²) in [6, 6.07) is 8.76. The Bertz CT molecular complexity index is 1740. The fraction of sp³-hybridized carbons (Fsp3) is 0.393. The lowest BCUT2D eigenvalue weighted by Crippen LogP contribution is -2.40. The first-order valence-electron chi connectivity index (χ1n) is 15.6. The van der Waals surface area contributed by atoms with Crippen molar-refractivity contribution in [3.05, 3.63) is 60.0 Å². The number of hydrogen-bond acceptors (Lipinski definition) is 8. The molecule has 4 rings (SSSR count). The van der Waals surface area contributed by atoms with Gasteiger partial charge in [0.25, 0.3) is 15.9 Å². The van der Waals surface area contributed by atoms with Crippen molar-refractivity contribution in [2.75, 3.05) is 23.8 Å². The Morgan fingerprint density at radius 3 is 2.77 bits per heavy atom. The van der Waals surface area contributed by atoms with Crippen molar-refractivity contribution < 1.29 is 31.9 Å². The Morgan fingerprint density at radius 2 is 2.10 bits per heavy atom. The first kappa shape index (κ1) is 20.2. The fourth-order valence-electron chi connectivity index (χ4n) is 4.77. The molecule has 0 saturated carbocycles. The van der Waals surface area contributed by atoms with E-state index in [-0.39, 0.29) is 34.3 Å². The van der Waals surface area contributed by atoms with Crippen molar-refractivity contribution in [3.8, 4) is 17.0 Å². The second kappa shape index (κ2) is 10.8. The summed E-state index contributed by atoms with van der Waals surface area (Å²) in [5, 5.41) is -0.455. The number of amides is 1. The number of carbonyl (C=O) groups excluding carboxylic acids is 1. The first-order chi connectivity index (χ1) is 21.0. The predicted octanol–water partition coefficient (Wildman–Crippen LogP) is 4.64. The Balaban J connectivity index is 1.75. The van der Waals surface area contributed by atoms with E-state index in [9.17, 15) is 17.6 Å². The summed E-state index contributed by atoms with van der Waals surface area (Å²) < 4.78 is 102. The highest BCUT2D eigenvalue weighted by Crippen LogP contribution is 2.40. The molecule has 0 spiro atoms. The molecule has 0 aliphatic carbocycles. The van der Waals surface area contributed by atoms with Crippen LogP contribution < -0.4 is 20.1 Å². The van der Waals surface area contributed by atoms with Crippen LogP contribution in [-0.4, -0.2) is 43.0 Å². The van der Waals surface area contributed by atoms with Crippen LogP contribution >= 0.6 is 0 Å². The van der Waals surface area contributed by atoms with E-state index < -0.39 is 58.5 Å². The number of nitrogens with two attached hydrogens (primary N) is 1. The maximum atomic E-state index is 14.8. The molecule has 9 nitrogen and oxygen atoms in total. The summed E-state index contributed by atoms with van der Waals surface area (Å²) in [7, 11) is -4.42. The standard InChI is InChI=1S/C28H34FN5O4S/c1-17(2)16-38-21-10-19(9-20(29)11-21)23-12-24(34-15-18(3)13-28(34,4)5)22(14-31-23)27(35)33-39(36,37)26-8-6-7-25(30)32-26/h6-12,14,17-18H,13,15-16H2,1-5H3,(H2,30,32)(H,33,35)/t18-/m0/s1/i1D3,2D3,17D. The van der Waals surface area contributed by atoms with Crippen LogP contribution in [0.5, 0.6) is 5.75 Å². The van der Waals surface area contributed by atoms with Crippen LogP contribution in [0.2, 0.25) is 0 Å². The number of aromatic nitrogens is 2.